The van der Waals surface area contributed by atoms with Gasteiger partial charge in [-0.2, -0.15) is 0 Å². The number of para-hydroxylation sites is 2. The third-order valence-corrected chi connectivity index (χ3v) is 6.30. The number of sulfonamides is 1. The molecule has 4 rings (SSSR count). The Morgan fingerprint density at radius 1 is 0.903 bits per heavy atom. The van der Waals surface area contributed by atoms with Crippen LogP contribution >= 0.6 is 0 Å². The lowest BCUT2D eigenvalue weighted by molar-refractivity contribution is 0.0950. The van der Waals surface area contributed by atoms with Gasteiger partial charge in [0.25, 0.3) is 15.9 Å². The number of aromatic nitrogens is 1. The Bertz CT molecular complexity index is 1350. The summed E-state index contributed by atoms with van der Waals surface area (Å²) < 4.78 is 28.0. The molecule has 0 bridgehead atoms. The van der Waals surface area contributed by atoms with Gasteiger partial charge in [-0.25, -0.2) is 8.42 Å². The van der Waals surface area contributed by atoms with Gasteiger partial charge in [0, 0.05) is 11.9 Å². The molecule has 4 aromatic rings. The van der Waals surface area contributed by atoms with Crippen LogP contribution in [-0.2, 0) is 16.6 Å². The molecule has 0 aliphatic heterocycles. The van der Waals surface area contributed by atoms with Crippen molar-refractivity contribution in [2.45, 2.75) is 18.4 Å². The van der Waals surface area contributed by atoms with E-state index in [9.17, 15) is 13.2 Å². The first-order chi connectivity index (χ1) is 14.9. The van der Waals surface area contributed by atoms with E-state index in [0.29, 0.717) is 22.5 Å². The first kappa shape index (κ1) is 20.6. The summed E-state index contributed by atoms with van der Waals surface area (Å²) in [6.07, 6.45) is 0. The summed E-state index contributed by atoms with van der Waals surface area (Å²) in [4.78, 5) is 17.5. The van der Waals surface area contributed by atoms with Gasteiger partial charge in [0.2, 0.25) is 0 Å². The van der Waals surface area contributed by atoms with Gasteiger partial charge in [-0.3, -0.25) is 14.5 Å². The van der Waals surface area contributed by atoms with E-state index in [4.69, 9.17) is 0 Å². The van der Waals surface area contributed by atoms with Crippen LogP contribution in [0.3, 0.4) is 0 Å². The second-order valence-electron chi connectivity index (χ2n) is 7.07. The molecule has 1 amide bonds. The molecule has 0 spiro atoms. The van der Waals surface area contributed by atoms with Crippen molar-refractivity contribution < 1.29 is 13.2 Å². The number of rotatable bonds is 6. The van der Waals surface area contributed by atoms with E-state index in [1.807, 2.05) is 30.3 Å². The summed E-state index contributed by atoms with van der Waals surface area (Å²) >= 11 is 0. The second-order valence-corrected chi connectivity index (χ2v) is 8.75. The molecule has 0 radical (unpaired) electrons. The van der Waals surface area contributed by atoms with Crippen LogP contribution in [0.25, 0.3) is 10.9 Å². The highest BCUT2D eigenvalue weighted by atomic mass is 32.2. The molecule has 0 aliphatic rings. The normalized spacial score (nSPS) is 11.3. The van der Waals surface area contributed by atoms with E-state index < -0.39 is 10.0 Å². The van der Waals surface area contributed by atoms with Crippen molar-refractivity contribution >= 4 is 32.5 Å². The van der Waals surface area contributed by atoms with Gasteiger partial charge < -0.3 is 5.32 Å². The molecule has 0 saturated heterocycles. The molecule has 0 aliphatic carbocycles. The van der Waals surface area contributed by atoms with Crippen LogP contribution in [0.1, 0.15) is 21.6 Å². The fraction of sp³-hybridized carbons (Fsp3) is 0.0833. The van der Waals surface area contributed by atoms with Gasteiger partial charge >= 0.3 is 0 Å². The number of benzene rings is 3. The Balaban J connectivity index is 1.53. The number of fused-ring (bicyclic) bond motifs is 1. The lowest BCUT2D eigenvalue weighted by Crippen LogP contribution is -2.25. The van der Waals surface area contributed by atoms with Crippen LogP contribution in [0.2, 0.25) is 0 Å². The number of nitrogens with zero attached hydrogens (tertiary/aromatic N) is 1. The predicted octanol–water partition coefficient (Wildman–Crippen LogP) is 4.27. The SMILES string of the molecule is Cc1nc2ccccc2cc1C(=O)NCc1ccccc1NS(=O)(=O)c1ccccc1. The minimum Gasteiger partial charge on any atom is -0.348 e. The summed E-state index contributed by atoms with van der Waals surface area (Å²) in [6, 6.07) is 24.6. The highest BCUT2D eigenvalue weighted by Gasteiger charge is 2.16. The number of nitrogens with one attached hydrogen (secondary N) is 2. The first-order valence-electron chi connectivity index (χ1n) is 9.74. The molecule has 31 heavy (non-hydrogen) atoms. The van der Waals surface area contributed by atoms with E-state index in [1.54, 1.807) is 49.4 Å². The topological polar surface area (TPSA) is 88.2 Å². The van der Waals surface area contributed by atoms with Crippen LogP contribution < -0.4 is 10.0 Å². The largest absolute Gasteiger partial charge is 0.348 e. The number of aryl methyl sites for hydroxylation is 1. The highest BCUT2D eigenvalue weighted by Crippen LogP contribution is 2.21. The number of amides is 1. The van der Waals surface area contributed by atoms with Gasteiger partial charge in [0.1, 0.15) is 0 Å². The molecule has 156 valence electrons. The number of hydrogen-bond donors (Lipinski definition) is 2. The molecular formula is C24H21N3O3S. The molecule has 1 heterocycles. The van der Waals surface area contributed by atoms with Gasteiger partial charge in [0.05, 0.1) is 27.4 Å². The van der Waals surface area contributed by atoms with E-state index in [2.05, 4.69) is 15.0 Å². The van der Waals surface area contributed by atoms with Crippen molar-refractivity contribution in [3.8, 4) is 0 Å². The minimum atomic E-state index is -3.73. The molecular weight excluding hydrogens is 410 g/mol. The third kappa shape index (κ3) is 4.57. The van der Waals surface area contributed by atoms with E-state index in [-0.39, 0.29) is 17.3 Å². The fourth-order valence-electron chi connectivity index (χ4n) is 3.29. The summed E-state index contributed by atoms with van der Waals surface area (Å²) in [6.45, 7) is 1.96. The molecule has 6 nitrogen and oxygen atoms in total. The maximum absolute atomic E-state index is 12.8. The van der Waals surface area contributed by atoms with Crippen LogP contribution in [-0.4, -0.2) is 19.3 Å². The van der Waals surface area contributed by atoms with Crippen LogP contribution in [0.4, 0.5) is 5.69 Å². The van der Waals surface area contributed by atoms with Crippen molar-refractivity contribution in [2.75, 3.05) is 4.72 Å². The van der Waals surface area contributed by atoms with E-state index >= 15 is 0 Å². The number of hydrogen-bond acceptors (Lipinski definition) is 4. The summed E-state index contributed by atoms with van der Waals surface area (Å²) in [7, 11) is -3.73. The molecule has 0 unspecified atom stereocenters. The zero-order valence-electron chi connectivity index (χ0n) is 16.9. The molecule has 0 saturated carbocycles. The van der Waals surface area contributed by atoms with E-state index in [0.717, 1.165) is 10.9 Å². The van der Waals surface area contributed by atoms with Gasteiger partial charge in [0.15, 0.2) is 0 Å². The average molecular weight is 432 g/mol. The Kier molecular flexibility index (Phi) is 5.68. The molecule has 3 aromatic carbocycles. The number of carbonyl (C=O) groups excluding carboxylic acids is 1. The van der Waals surface area contributed by atoms with Gasteiger partial charge in [-0.05, 0) is 42.8 Å². The Labute approximate surface area is 181 Å². The zero-order valence-corrected chi connectivity index (χ0v) is 17.7. The molecule has 2 N–H and O–H groups in total. The fourth-order valence-corrected chi connectivity index (χ4v) is 4.41. The van der Waals surface area contributed by atoms with Crippen molar-refractivity contribution in [1.29, 1.82) is 0 Å². The minimum absolute atomic E-state index is 0.165. The predicted molar refractivity (Wildman–Crippen MR) is 121 cm³/mol. The molecule has 0 fully saturated rings. The van der Waals surface area contributed by atoms with Crippen molar-refractivity contribution in [3.63, 3.8) is 0 Å². The average Bonchev–Trinajstić information content (AvgIpc) is 2.78. The number of anilines is 1. The first-order valence-corrected chi connectivity index (χ1v) is 11.2. The Hall–Kier alpha value is -3.71. The third-order valence-electron chi connectivity index (χ3n) is 4.91. The van der Waals surface area contributed by atoms with Crippen LogP contribution in [0.15, 0.2) is 89.8 Å². The lowest BCUT2D eigenvalue weighted by Gasteiger charge is -2.14. The van der Waals surface area contributed by atoms with Crippen molar-refractivity contribution in [1.82, 2.24) is 10.3 Å². The smallest absolute Gasteiger partial charge is 0.261 e. The standard InChI is InChI=1S/C24H21N3O3S/c1-17-21(15-18-9-5-7-13-22(18)26-17)24(28)25-16-19-10-6-8-14-23(19)27-31(29,30)20-11-3-2-4-12-20/h2-15,27H,16H2,1H3,(H,25,28). The zero-order chi connectivity index (χ0) is 21.8. The maximum atomic E-state index is 12.8. The molecule has 0 atom stereocenters. The molecule has 7 heteroatoms. The van der Waals surface area contributed by atoms with Crippen molar-refractivity contribution in [3.05, 3.63) is 102 Å². The van der Waals surface area contributed by atoms with Crippen LogP contribution in [0.5, 0.6) is 0 Å². The van der Waals surface area contributed by atoms with Crippen LogP contribution in [0, 0.1) is 6.92 Å². The monoisotopic (exact) mass is 431 g/mol. The van der Waals surface area contributed by atoms with E-state index in [1.165, 1.54) is 12.1 Å². The molecule has 1 aromatic heterocycles. The quantitative estimate of drug-likeness (QED) is 0.477. The second kappa shape index (κ2) is 8.57. The Morgan fingerprint density at radius 3 is 2.39 bits per heavy atom. The van der Waals surface area contributed by atoms with Crippen molar-refractivity contribution in [2.24, 2.45) is 0 Å². The summed E-state index contributed by atoms with van der Waals surface area (Å²) in [5, 5.41) is 3.76. The van der Waals surface area contributed by atoms with Gasteiger partial charge in [-0.1, -0.05) is 54.6 Å². The maximum Gasteiger partial charge on any atom is 0.261 e. The number of carbonyl (C=O) groups is 1. The Morgan fingerprint density at radius 2 is 1.58 bits per heavy atom. The summed E-state index contributed by atoms with van der Waals surface area (Å²) in [5.41, 5.74) is 3.02. The van der Waals surface area contributed by atoms with Gasteiger partial charge in [-0.15, -0.1) is 0 Å². The summed E-state index contributed by atoms with van der Waals surface area (Å²) in [5.74, 6) is -0.267. The number of pyridine rings is 1. The lowest BCUT2D eigenvalue weighted by atomic mass is 10.1. The highest BCUT2D eigenvalue weighted by molar-refractivity contribution is 7.92.